The van der Waals surface area contributed by atoms with Gasteiger partial charge in [-0.3, -0.25) is 19.4 Å². The molecule has 0 radical (unpaired) electrons. The van der Waals surface area contributed by atoms with Gasteiger partial charge in [-0.1, -0.05) is 41.4 Å². The Kier molecular flexibility index (Phi) is 10.7. The molecule has 3 aliphatic rings. The first-order valence-corrected chi connectivity index (χ1v) is 18.3. The molecule has 0 saturated carbocycles. The third kappa shape index (κ3) is 7.36. The number of nitrogens with one attached hydrogen (secondary N) is 4. The minimum absolute atomic E-state index is 0.0269. The number of imidazole rings is 1. The molecule has 272 valence electrons. The van der Waals surface area contributed by atoms with Gasteiger partial charge in [0, 0.05) is 80.1 Å². The fourth-order valence-electron chi connectivity index (χ4n) is 7.21. The fourth-order valence-corrected chi connectivity index (χ4v) is 7.78. The second kappa shape index (κ2) is 15.6. The van der Waals surface area contributed by atoms with Crippen LogP contribution in [0.2, 0.25) is 10.0 Å². The molecule has 0 unspecified atom stereocenters. The summed E-state index contributed by atoms with van der Waals surface area (Å²) in [6, 6.07) is 11.0. The van der Waals surface area contributed by atoms with Gasteiger partial charge in [-0.05, 0) is 50.6 Å². The van der Waals surface area contributed by atoms with Crippen LogP contribution in [0.3, 0.4) is 0 Å². The third-order valence-electron chi connectivity index (χ3n) is 10.0. The lowest BCUT2D eigenvalue weighted by Gasteiger charge is -2.32. The van der Waals surface area contributed by atoms with Gasteiger partial charge in [-0.25, -0.2) is 9.97 Å². The molecule has 1 atom stereocenters. The van der Waals surface area contributed by atoms with Crippen molar-refractivity contribution in [2.45, 2.75) is 51.2 Å². The fraction of sp³-hybridized carbons (Fsp3) is 0.405. The van der Waals surface area contributed by atoms with E-state index >= 15 is 0 Å². The maximum Gasteiger partial charge on any atom is 0.291 e. The van der Waals surface area contributed by atoms with Crippen molar-refractivity contribution in [3.8, 4) is 28.4 Å². The number of fused-ring (bicyclic) bond motifs is 1. The largest absolute Gasteiger partial charge is 0.481 e. The lowest BCUT2D eigenvalue weighted by molar-refractivity contribution is -0.137. The minimum Gasteiger partial charge on any atom is -0.481 e. The quantitative estimate of drug-likeness (QED) is 0.185. The van der Waals surface area contributed by atoms with E-state index in [1.165, 1.54) is 0 Å². The van der Waals surface area contributed by atoms with Gasteiger partial charge in [0.15, 0.2) is 5.82 Å². The molecule has 52 heavy (non-hydrogen) atoms. The molecule has 2 fully saturated rings. The number of methoxy groups -OCH3 is 1. The number of anilines is 1. The number of amides is 3. The van der Waals surface area contributed by atoms with Crippen LogP contribution in [-0.2, 0) is 36.1 Å². The third-order valence-corrected chi connectivity index (χ3v) is 10.8. The zero-order valence-corrected chi connectivity index (χ0v) is 30.6. The Morgan fingerprint density at radius 3 is 2.62 bits per heavy atom. The number of hydrogen-bond acceptors (Lipinski definition) is 9. The summed E-state index contributed by atoms with van der Waals surface area (Å²) in [6.07, 6.45) is 5.31. The van der Waals surface area contributed by atoms with Gasteiger partial charge in [0.2, 0.25) is 17.7 Å². The number of rotatable bonds is 10. The molecule has 15 heteroatoms. The molecule has 7 rings (SSSR count). The number of pyridine rings is 2. The van der Waals surface area contributed by atoms with Crippen molar-refractivity contribution >= 4 is 46.6 Å². The maximum absolute atomic E-state index is 13.6. The van der Waals surface area contributed by atoms with Crippen molar-refractivity contribution in [2.24, 2.45) is 13.0 Å². The molecule has 0 spiro atoms. The summed E-state index contributed by atoms with van der Waals surface area (Å²) in [7, 11) is 3.39. The normalized spacial score (nSPS) is 17.5. The van der Waals surface area contributed by atoms with Gasteiger partial charge in [-0.2, -0.15) is 0 Å². The Balaban J connectivity index is 1.07. The van der Waals surface area contributed by atoms with Gasteiger partial charge in [0.1, 0.15) is 0 Å². The number of nitrogens with zero attached hydrogens (tertiary/aromatic N) is 5. The van der Waals surface area contributed by atoms with Crippen LogP contribution < -0.4 is 26.0 Å². The minimum atomic E-state index is -0.418. The van der Waals surface area contributed by atoms with Crippen molar-refractivity contribution in [1.82, 2.24) is 40.4 Å². The van der Waals surface area contributed by atoms with Crippen LogP contribution in [0.1, 0.15) is 53.3 Å². The van der Waals surface area contributed by atoms with Gasteiger partial charge in [0.25, 0.3) is 5.91 Å². The molecule has 0 aliphatic carbocycles. The number of piperidine rings is 1. The summed E-state index contributed by atoms with van der Waals surface area (Å²) in [5.41, 5.74) is 5.11. The van der Waals surface area contributed by atoms with E-state index in [-0.39, 0.29) is 34.6 Å². The summed E-state index contributed by atoms with van der Waals surface area (Å²) >= 11 is 13.9. The highest BCUT2D eigenvalue weighted by molar-refractivity contribution is 6.39. The van der Waals surface area contributed by atoms with Crippen LogP contribution in [-0.4, -0.2) is 81.5 Å². The zero-order chi connectivity index (χ0) is 36.4. The van der Waals surface area contributed by atoms with Crippen LogP contribution in [0.15, 0.2) is 42.6 Å². The summed E-state index contributed by atoms with van der Waals surface area (Å²) in [4.78, 5) is 54.2. The molecule has 2 saturated heterocycles. The van der Waals surface area contributed by atoms with E-state index in [0.29, 0.717) is 78.1 Å². The molecule has 1 aromatic carbocycles. The lowest BCUT2D eigenvalue weighted by atomic mass is 9.95. The second-order valence-electron chi connectivity index (χ2n) is 13.4. The average molecular weight is 747 g/mol. The number of benzene rings is 1. The summed E-state index contributed by atoms with van der Waals surface area (Å²) in [6.45, 7) is 3.86. The number of carbonyl (C=O) groups is 3. The smallest absolute Gasteiger partial charge is 0.291 e. The van der Waals surface area contributed by atoms with Crippen LogP contribution >= 0.6 is 23.2 Å². The number of halogens is 2. The number of ether oxygens (including phenoxy) is 1. The molecule has 6 heterocycles. The Bertz CT molecular complexity index is 2010. The molecular weight excluding hydrogens is 705 g/mol. The van der Waals surface area contributed by atoms with E-state index in [0.717, 1.165) is 49.3 Å². The topological polar surface area (TPSA) is 155 Å². The van der Waals surface area contributed by atoms with Crippen LogP contribution in [0.4, 0.5) is 5.69 Å². The molecule has 13 nitrogen and oxygen atoms in total. The van der Waals surface area contributed by atoms with E-state index in [9.17, 15) is 14.4 Å². The van der Waals surface area contributed by atoms with E-state index in [4.69, 9.17) is 32.9 Å². The van der Waals surface area contributed by atoms with Crippen LogP contribution in [0.5, 0.6) is 5.88 Å². The summed E-state index contributed by atoms with van der Waals surface area (Å²) in [5, 5.41) is 13.2. The predicted octanol–water partition coefficient (Wildman–Crippen LogP) is 4.36. The van der Waals surface area contributed by atoms with Crippen molar-refractivity contribution in [3.05, 3.63) is 75.4 Å². The van der Waals surface area contributed by atoms with Gasteiger partial charge in [0.05, 0.1) is 46.5 Å². The van der Waals surface area contributed by atoms with Crippen molar-refractivity contribution in [2.75, 3.05) is 38.6 Å². The highest BCUT2D eigenvalue weighted by Gasteiger charge is 2.32. The molecule has 0 bridgehead atoms. The Morgan fingerprint density at radius 2 is 1.85 bits per heavy atom. The molecule has 4 aromatic rings. The van der Waals surface area contributed by atoms with Crippen LogP contribution in [0, 0.1) is 5.92 Å². The first-order valence-electron chi connectivity index (χ1n) is 17.5. The summed E-state index contributed by atoms with van der Waals surface area (Å²) < 4.78 is 7.42. The lowest BCUT2D eigenvalue weighted by Crippen LogP contribution is -2.43. The van der Waals surface area contributed by atoms with Gasteiger partial charge < -0.3 is 35.5 Å². The molecule has 4 N–H and O–H groups in total. The Hall–Kier alpha value is -4.56. The standard InChI is InChI=1S/C37H41Cl2N9O4/c1-47-29-13-17-48(37(51)21-10-14-40-15-11-21)20-28(29)44-34(47)35(50)45-27-5-3-4-25(31(27)38)33-32(39)24(12-16-42-33)26-8-6-22(36(46-26)52-2)18-41-19-23-7-9-30(49)43-23/h3-6,8,12,16,21,23,40-41H,7,9-11,13-15,17-20H2,1-2H3,(H,43,49)(H,45,50)/t23-/m1/s1. The first-order chi connectivity index (χ1) is 25.2. The van der Waals surface area contributed by atoms with Gasteiger partial charge in [-0.15, -0.1) is 0 Å². The summed E-state index contributed by atoms with van der Waals surface area (Å²) in [5.74, 6) is 0.549. The average Bonchev–Trinajstić information content (AvgIpc) is 3.74. The van der Waals surface area contributed by atoms with E-state index < -0.39 is 5.91 Å². The highest BCUT2D eigenvalue weighted by Crippen LogP contribution is 2.40. The molecule has 3 aliphatic heterocycles. The predicted molar refractivity (Wildman–Crippen MR) is 198 cm³/mol. The number of hydrogen-bond donors (Lipinski definition) is 4. The SMILES string of the molecule is COc1nc(-c2ccnc(-c3cccc(NC(=O)c4nc5c(n4C)CCN(C(=O)C4CCNCC4)C5)c3Cl)c2Cl)ccc1CNC[C@H]1CCC(=O)N1. The molecular formula is C37H41Cl2N9O4. The van der Waals surface area contributed by atoms with E-state index in [2.05, 4.69) is 31.2 Å². The van der Waals surface area contributed by atoms with E-state index in [1.807, 2.05) is 24.1 Å². The number of carbonyl (C=O) groups excluding carboxylic acids is 3. The maximum atomic E-state index is 13.6. The Labute approximate surface area is 311 Å². The first kappa shape index (κ1) is 35.8. The van der Waals surface area contributed by atoms with Crippen molar-refractivity contribution < 1.29 is 19.1 Å². The van der Waals surface area contributed by atoms with Gasteiger partial charge >= 0.3 is 0 Å². The zero-order valence-electron chi connectivity index (χ0n) is 29.1. The highest BCUT2D eigenvalue weighted by atomic mass is 35.5. The molecule has 3 amide bonds. The second-order valence-corrected chi connectivity index (χ2v) is 14.1. The number of aromatic nitrogens is 4. The molecule has 3 aromatic heterocycles. The van der Waals surface area contributed by atoms with Crippen LogP contribution in [0.25, 0.3) is 22.5 Å². The Morgan fingerprint density at radius 1 is 1.02 bits per heavy atom. The monoisotopic (exact) mass is 745 g/mol. The van der Waals surface area contributed by atoms with Crippen molar-refractivity contribution in [3.63, 3.8) is 0 Å². The van der Waals surface area contributed by atoms with E-state index in [1.54, 1.807) is 42.1 Å². The van der Waals surface area contributed by atoms with Crippen molar-refractivity contribution in [1.29, 1.82) is 0 Å².